The minimum Gasteiger partial charge on any atom is -0.489 e. The van der Waals surface area contributed by atoms with E-state index in [1.165, 1.54) is 41.5 Å². The molecule has 5 rings (SSSR count). The normalized spacial score (nSPS) is 18.6. The molecule has 0 radical (unpaired) electrons. The molecule has 6 heteroatoms. The predicted octanol–water partition coefficient (Wildman–Crippen LogP) is 7.64. The van der Waals surface area contributed by atoms with Crippen LogP contribution in [0.3, 0.4) is 0 Å². The summed E-state index contributed by atoms with van der Waals surface area (Å²) in [4.78, 5) is 22.1. The SMILES string of the molecule is C/C(C=Nc1cc(C(=O)N2CCCC(N)C2)cc2c1N(C)CCO2)=C\c1cc(C)c(C)cc1C.CC.CCC1CC1. The van der Waals surface area contributed by atoms with E-state index in [1.54, 1.807) is 0 Å². The van der Waals surface area contributed by atoms with Crippen molar-refractivity contribution in [1.29, 1.82) is 0 Å². The molecule has 1 amide bonds. The molecule has 2 fully saturated rings. The number of amides is 1. The van der Waals surface area contributed by atoms with E-state index < -0.39 is 0 Å². The van der Waals surface area contributed by atoms with Gasteiger partial charge in [-0.15, -0.1) is 0 Å². The molecule has 224 valence electrons. The van der Waals surface area contributed by atoms with Gasteiger partial charge in [0, 0.05) is 38.0 Å². The van der Waals surface area contributed by atoms with E-state index in [2.05, 4.69) is 57.7 Å². The molecule has 2 aliphatic heterocycles. The van der Waals surface area contributed by atoms with Gasteiger partial charge in [-0.05, 0) is 86.4 Å². The Bertz CT molecular complexity index is 1250. The molecule has 0 bridgehead atoms. The van der Waals surface area contributed by atoms with Gasteiger partial charge in [-0.25, -0.2) is 0 Å². The maximum atomic E-state index is 13.3. The summed E-state index contributed by atoms with van der Waals surface area (Å²) in [7, 11) is 2.03. The molecule has 0 spiro atoms. The second-order valence-electron chi connectivity index (χ2n) is 11.6. The lowest BCUT2D eigenvalue weighted by Crippen LogP contribution is -2.45. The highest BCUT2D eigenvalue weighted by atomic mass is 16.5. The van der Waals surface area contributed by atoms with E-state index in [1.807, 2.05) is 44.1 Å². The van der Waals surface area contributed by atoms with E-state index in [9.17, 15) is 4.79 Å². The van der Waals surface area contributed by atoms with Crippen LogP contribution >= 0.6 is 0 Å². The number of hydrogen-bond donors (Lipinski definition) is 1. The third-order valence-corrected chi connectivity index (χ3v) is 8.06. The molecular weight excluding hydrogens is 508 g/mol. The number of ether oxygens (including phenoxy) is 1. The Morgan fingerprint density at radius 1 is 1.05 bits per heavy atom. The lowest BCUT2D eigenvalue weighted by atomic mass is 9.99. The molecule has 2 aromatic carbocycles. The monoisotopic (exact) mass is 560 g/mol. The van der Waals surface area contributed by atoms with Crippen LogP contribution in [0.25, 0.3) is 6.08 Å². The van der Waals surface area contributed by atoms with Gasteiger partial charge < -0.3 is 20.3 Å². The van der Waals surface area contributed by atoms with Crippen molar-refractivity contribution in [1.82, 2.24) is 4.90 Å². The fourth-order valence-electron chi connectivity index (χ4n) is 5.21. The van der Waals surface area contributed by atoms with Gasteiger partial charge in [-0.2, -0.15) is 0 Å². The van der Waals surface area contributed by atoms with Gasteiger partial charge in [0.1, 0.15) is 18.0 Å². The number of hydrogen-bond acceptors (Lipinski definition) is 5. The smallest absolute Gasteiger partial charge is 0.254 e. The molecule has 0 aromatic heterocycles. The standard InChI is InChI=1S/C28H36N4O2.C5H10.C2H6/c1-18(11-22-13-20(3)19(2)12-21(22)4)16-30-25-14-23(15-26-27(25)31(5)9-10-34-26)28(33)32-8-6-7-24(29)17-32;1-2-5-3-4-5;1-2/h11-16,24H,6-10,17,29H2,1-5H3;5H,2-4H2,1H3;1-2H3/b18-11+,30-16?;;. The number of likely N-dealkylation sites (tertiary alicyclic amines) is 1. The predicted molar refractivity (Wildman–Crippen MR) is 175 cm³/mol. The average Bonchev–Trinajstić information content (AvgIpc) is 3.81. The van der Waals surface area contributed by atoms with Crippen molar-refractivity contribution >= 4 is 29.6 Å². The molecular formula is C35H52N4O2. The molecule has 41 heavy (non-hydrogen) atoms. The number of likely N-dealkylation sites (N-methyl/N-ethyl adjacent to an activating group) is 1. The van der Waals surface area contributed by atoms with Gasteiger partial charge >= 0.3 is 0 Å². The number of fused-ring (bicyclic) bond motifs is 1. The molecule has 1 saturated carbocycles. The van der Waals surface area contributed by atoms with Crippen molar-refractivity contribution in [2.75, 3.05) is 38.2 Å². The summed E-state index contributed by atoms with van der Waals surface area (Å²) in [5, 5.41) is 0. The van der Waals surface area contributed by atoms with Crippen LogP contribution in [0.5, 0.6) is 5.75 Å². The number of anilines is 1. The first kappa shape index (κ1) is 32.4. The lowest BCUT2D eigenvalue weighted by Gasteiger charge is -2.32. The van der Waals surface area contributed by atoms with E-state index in [-0.39, 0.29) is 11.9 Å². The number of carbonyl (C=O) groups excluding carboxylic acids is 1. The Morgan fingerprint density at radius 2 is 1.76 bits per heavy atom. The van der Waals surface area contributed by atoms with E-state index >= 15 is 0 Å². The second kappa shape index (κ2) is 15.2. The lowest BCUT2D eigenvalue weighted by molar-refractivity contribution is 0.0708. The van der Waals surface area contributed by atoms with Gasteiger partial charge in [0.2, 0.25) is 0 Å². The molecule has 1 atom stereocenters. The Hall–Kier alpha value is -3.12. The summed E-state index contributed by atoms with van der Waals surface area (Å²) >= 11 is 0. The van der Waals surface area contributed by atoms with E-state index in [0.29, 0.717) is 24.5 Å². The highest BCUT2D eigenvalue weighted by molar-refractivity contribution is 5.98. The van der Waals surface area contributed by atoms with Crippen LogP contribution in [-0.2, 0) is 0 Å². The zero-order chi connectivity index (χ0) is 30.1. The topological polar surface area (TPSA) is 71.2 Å². The van der Waals surface area contributed by atoms with Crippen LogP contribution in [0.1, 0.15) is 92.4 Å². The van der Waals surface area contributed by atoms with Crippen LogP contribution in [0.2, 0.25) is 0 Å². The van der Waals surface area contributed by atoms with Gasteiger partial charge in [0.25, 0.3) is 5.91 Å². The minimum atomic E-state index is -0.00996. The first-order valence-corrected chi connectivity index (χ1v) is 15.5. The third kappa shape index (κ3) is 8.93. The summed E-state index contributed by atoms with van der Waals surface area (Å²) in [6.45, 7) is 17.4. The van der Waals surface area contributed by atoms with Crippen molar-refractivity contribution in [3.63, 3.8) is 0 Å². The Morgan fingerprint density at radius 3 is 2.39 bits per heavy atom. The average molecular weight is 561 g/mol. The van der Waals surface area contributed by atoms with E-state index in [4.69, 9.17) is 15.5 Å². The third-order valence-electron chi connectivity index (χ3n) is 8.06. The largest absolute Gasteiger partial charge is 0.489 e. The molecule has 2 N–H and O–H groups in total. The van der Waals surface area contributed by atoms with Crippen molar-refractivity contribution in [2.24, 2.45) is 16.6 Å². The minimum absolute atomic E-state index is 0.00996. The summed E-state index contributed by atoms with van der Waals surface area (Å²) in [6.07, 6.45) is 10.4. The van der Waals surface area contributed by atoms with Gasteiger partial charge in [0.15, 0.2) is 0 Å². The number of aliphatic imine (C=N–C) groups is 1. The van der Waals surface area contributed by atoms with Crippen LogP contribution in [0.4, 0.5) is 11.4 Å². The number of benzene rings is 2. The van der Waals surface area contributed by atoms with Crippen molar-refractivity contribution < 1.29 is 9.53 Å². The van der Waals surface area contributed by atoms with Crippen LogP contribution in [0, 0.1) is 26.7 Å². The zero-order valence-corrected chi connectivity index (χ0v) is 26.7. The number of nitrogens with two attached hydrogens (primary N) is 1. The molecule has 1 saturated heterocycles. The molecule has 2 heterocycles. The molecule has 6 nitrogen and oxygen atoms in total. The first-order chi connectivity index (χ1) is 19.7. The highest BCUT2D eigenvalue weighted by Gasteiger charge is 2.26. The number of aryl methyl sites for hydroxylation is 3. The number of nitrogens with zero attached hydrogens (tertiary/aromatic N) is 3. The van der Waals surface area contributed by atoms with Gasteiger partial charge in [-0.3, -0.25) is 9.79 Å². The number of piperidine rings is 1. The molecule has 2 aromatic rings. The summed E-state index contributed by atoms with van der Waals surface area (Å²) < 4.78 is 5.95. The summed E-state index contributed by atoms with van der Waals surface area (Å²) in [5.41, 5.74) is 14.4. The van der Waals surface area contributed by atoms with Crippen molar-refractivity contribution in [2.45, 2.75) is 86.6 Å². The highest BCUT2D eigenvalue weighted by Crippen LogP contribution is 2.41. The Kier molecular flexibility index (Phi) is 12.0. The van der Waals surface area contributed by atoms with Crippen molar-refractivity contribution in [3.8, 4) is 5.75 Å². The van der Waals surface area contributed by atoms with Gasteiger partial charge in [-0.1, -0.05) is 58.2 Å². The van der Waals surface area contributed by atoms with Crippen molar-refractivity contribution in [3.05, 3.63) is 57.7 Å². The molecule has 3 aliphatic rings. The van der Waals surface area contributed by atoms with Crippen LogP contribution in [0.15, 0.2) is 34.8 Å². The van der Waals surface area contributed by atoms with Crippen LogP contribution in [-0.4, -0.2) is 56.4 Å². The zero-order valence-electron chi connectivity index (χ0n) is 26.7. The summed E-state index contributed by atoms with van der Waals surface area (Å²) in [6, 6.07) is 8.21. The Balaban J connectivity index is 0.000000586. The fraction of sp³-hybridized carbons (Fsp3) is 0.543. The number of rotatable bonds is 5. The summed E-state index contributed by atoms with van der Waals surface area (Å²) in [5.74, 6) is 1.83. The second-order valence-corrected chi connectivity index (χ2v) is 11.6. The maximum absolute atomic E-state index is 13.3. The van der Waals surface area contributed by atoms with Gasteiger partial charge in [0.05, 0.1) is 12.2 Å². The fourth-order valence-corrected chi connectivity index (χ4v) is 5.21. The molecule has 1 aliphatic carbocycles. The van der Waals surface area contributed by atoms with Crippen LogP contribution < -0.4 is 15.4 Å². The quantitative estimate of drug-likeness (QED) is 0.382. The maximum Gasteiger partial charge on any atom is 0.254 e. The Labute approximate surface area is 248 Å². The first-order valence-electron chi connectivity index (χ1n) is 15.5. The number of allylic oxidation sites excluding steroid dienone is 1. The van der Waals surface area contributed by atoms with E-state index in [0.717, 1.165) is 48.8 Å². The number of carbonyl (C=O) groups is 1. The molecule has 1 unspecified atom stereocenters.